The zero-order chi connectivity index (χ0) is 18.4. The van der Waals surface area contributed by atoms with E-state index in [1.54, 1.807) is 6.07 Å². The van der Waals surface area contributed by atoms with E-state index in [0.717, 1.165) is 50.2 Å². The molecule has 2 N–H and O–H groups in total. The molecule has 0 atom stereocenters. The van der Waals surface area contributed by atoms with Crippen molar-refractivity contribution in [2.45, 2.75) is 24.8 Å². The summed E-state index contributed by atoms with van der Waals surface area (Å²) in [6.07, 6.45) is 2.27. The fourth-order valence-electron chi connectivity index (χ4n) is 4.66. The van der Waals surface area contributed by atoms with Crippen molar-refractivity contribution in [3.63, 3.8) is 0 Å². The number of aromatic amines is 1. The maximum absolute atomic E-state index is 12.4. The van der Waals surface area contributed by atoms with E-state index in [1.807, 2.05) is 18.2 Å². The number of fused-ring (bicyclic) bond motifs is 3. The van der Waals surface area contributed by atoms with Crippen molar-refractivity contribution in [2.75, 3.05) is 25.0 Å². The van der Waals surface area contributed by atoms with Crippen molar-refractivity contribution in [1.82, 2.24) is 9.88 Å². The topological polar surface area (TPSA) is 48.1 Å². The SMILES string of the molecule is O=c1cc(CN2CCC3(CC2)CNc2ccccc23)[nH]c2c(Cl)cccc12. The van der Waals surface area contributed by atoms with Crippen LogP contribution in [0, 0.1) is 0 Å². The normalized spacial score (nSPS) is 18.6. The number of benzene rings is 2. The van der Waals surface area contributed by atoms with Crippen LogP contribution in [0.15, 0.2) is 53.3 Å². The van der Waals surface area contributed by atoms with Crippen LogP contribution < -0.4 is 10.7 Å². The average molecular weight is 380 g/mol. The molecule has 5 heteroatoms. The largest absolute Gasteiger partial charge is 0.384 e. The Bertz CT molecular complexity index is 1070. The molecular formula is C22H22ClN3O. The highest BCUT2D eigenvalue weighted by Crippen LogP contribution is 2.43. The van der Waals surface area contributed by atoms with E-state index in [-0.39, 0.29) is 10.8 Å². The van der Waals surface area contributed by atoms with Crippen LogP contribution >= 0.6 is 11.6 Å². The predicted octanol–water partition coefficient (Wildman–Crippen LogP) is 4.14. The molecule has 138 valence electrons. The molecule has 4 nitrogen and oxygen atoms in total. The summed E-state index contributed by atoms with van der Waals surface area (Å²) < 4.78 is 0. The number of halogens is 1. The molecule has 2 aliphatic rings. The third kappa shape index (κ3) is 2.84. The summed E-state index contributed by atoms with van der Waals surface area (Å²) in [6, 6.07) is 15.9. The van der Waals surface area contributed by atoms with Crippen LogP contribution in [0.5, 0.6) is 0 Å². The summed E-state index contributed by atoms with van der Waals surface area (Å²) in [5.41, 5.74) is 4.72. The summed E-state index contributed by atoms with van der Waals surface area (Å²) in [4.78, 5) is 18.2. The standard InChI is InChI=1S/C22H22ClN3O/c23-18-6-3-4-16-20(27)12-15(25-21(16)18)13-26-10-8-22(9-11-26)14-24-19-7-2-1-5-17(19)22/h1-7,12,24H,8-11,13-14H2,(H,25,27). The lowest BCUT2D eigenvalue weighted by Crippen LogP contribution is -2.43. The van der Waals surface area contributed by atoms with E-state index in [4.69, 9.17) is 11.6 Å². The molecule has 27 heavy (non-hydrogen) atoms. The van der Waals surface area contributed by atoms with Crippen LogP contribution in [0.2, 0.25) is 5.02 Å². The summed E-state index contributed by atoms with van der Waals surface area (Å²) >= 11 is 6.28. The lowest BCUT2D eigenvalue weighted by atomic mass is 9.74. The first-order chi connectivity index (χ1) is 13.1. The van der Waals surface area contributed by atoms with Crippen LogP contribution in [0.4, 0.5) is 5.69 Å². The highest BCUT2D eigenvalue weighted by molar-refractivity contribution is 6.35. The lowest BCUT2D eigenvalue weighted by molar-refractivity contribution is 0.161. The third-order valence-corrected chi connectivity index (χ3v) is 6.51. The summed E-state index contributed by atoms with van der Waals surface area (Å²) in [5, 5.41) is 4.82. The number of likely N-dealkylation sites (tertiary alicyclic amines) is 1. The first-order valence-electron chi connectivity index (χ1n) is 9.51. The summed E-state index contributed by atoms with van der Waals surface area (Å²) in [5.74, 6) is 0. The van der Waals surface area contributed by atoms with Gasteiger partial charge in [0.05, 0.1) is 10.5 Å². The minimum atomic E-state index is 0.0312. The van der Waals surface area contributed by atoms with Gasteiger partial charge in [-0.25, -0.2) is 0 Å². The molecule has 1 spiro atoms. The third-order valence-electron chi connectivity index (χ3n) is 6.19. The molecule has 0 unspecified atom stereocenters. The molecule has 3 aromatic rings. The second-order valence-electron chi connectivity index (χ2n) is 7.78. The molecule has 0 amide bonds. The molecule has 1 aromatic heterocycles. The van der Waals surface area contributed by atoms with Gasteiger partial charge in [0.1, 0.15) is 0 Å². The van der Waals surface area contributed by atoms with E-state index in [0.29, 0.717) is 10.4 Å². The number of hydrogen-bond donors (Lipinski definition) is 2. The van der Waals surface area contributed by atoms with Crippen LogP contribution in [0.3, 0.4) is 0 Å². The van der Waals surface area contributed by atoms with Crippen molar-refractivity contribution in [2.24, 2.45) is 0 Å². The minimum Gasteiger partial charge on any atom is -0.384 e. The van der Waals surface area contributed by atoms with Crippen LogP contribution in [0.25, 0.3) is 10.9 Å². The van der Waals surface area contributed by atoms with Crippen molar-refractivity contribution in [3.8, 4) is 0 Å². The zero-order valence-corrected chi connectivity index (χ0v) is 15.9. The summed E-state index contributed by atoms with van der Waals surface area (Å²) in [6.45, 7) is 3.83. The molecule has 5 rings (SSSR count). The Kier molecular flexibility index (Phi) is 3.99. The number of nitrogens with one attached hydrogen (secondary N) is 2. The molecule has 2 aliphatic heterocycles. The van der Waals surface area contributed by atoms with Gasteiger partial charge in [-0.05, 0) is 49.7 Å². The molecule has 3 heterocycles. The number of H-pyrrole nitrogens is 1. The number of nitrogens with zero attached hydrogens (tertiary/aromatic N) is 1. The predicted molar refractivity (Wildman–Crippen MR) is 111 cm³/mol. The molecule has 0 bridgehead atoms. The maximum Gasteiger partial charge on any atom is 0.189 e. The van der Waals surface area contributed by atoms with Crippen molar-refractivity contribution >= 4 is 28.2 Å². The van der Waals surface area contributed by atoms with Crippen molar-refractivity contribution < 1.29 is 0 Å². The van der Waals surface area contributed by atoms with Gasteiger partial charge in [0, 0.05) is 41.3 Å². The highest BCUT2D eigenvalue weighted by atomic mass is 35.5. The van der Waals surface area contributed by atoms with Crippen LogP contribution in [-0.2, 0) is 12.0 Å². The van der Waals surface area contributed by atoms with E-state index in [2.05, 4.69) is 39.5 Å². The van der Waals surface area contributed by atoms with Gasteiger partial charge >= 0.3 is 0 Å². The maximum atomic E-state index is 12.4. The van der Waals surface area contributed by atoms with Gasteiger partial charge in [0.15, 0.2) is 5.43 Å². The molecule has 0 radical (unpaired) electrons. The Hall–Kier alpha value is -2.30. The number of piperidine rings is 1. The van der Waals surface area contributed by atoms with E-state index >= 15 is 0 Å². The zero-order valence-electron chi connectivity index (χ0n) is 15.1. The van der Waals surface area contributed by atoms with Gasteiger partial charge in [0.2, 0.25) is 0 Å². The number of rotatable bonds is 2. The molecule has 1 saturated heterocycles. The van der Waals surface area contributed by atoms with E-state index in [1.165, 1.54) is 11.3 Å². The second-order valence-corrected chi connectivity index (χ2v) is 8.18. The van der Waals surface area contributed by atoms with Gasteiger partial charge in [-0.1, -0.05) is 35.9 Å². The van der Waals surface area contributed by atoms with Crippen molar-refractivity contribution in [3.05, 3.63) is 75.0 Å². The van der Waals surface area contributed by atoms with E-state index < -0.39 is 0 Å². The number of hydrogen-bond acceptors (Lipinski definition) is 3. The second kappa shape index (κ2) is 6.39. The lowest BCUT2D eigenvalue weighted by Gasteiger charge is -2.39. The Morgan fingerprint density at radius 3 is 2.74 bits per heavy atom. The summed E-state index contributed by atoms with van der Waals surface area (Å²) in [7, 11) is 0. The van der Waals surface area contributed by atoms with Gasteiger partial charge in [-0.15, -0.1) is 0 Å². The molecule has 0 saturated carbocycles. The Morgan fingerprint density at radius 2 is 1.89 bits per heavy atom. The fourth-order valence-corrected chi connectivity index (χ4v) is 4.88. The average Bonchev–Trinajstić information content (AvgIpc) is 3.04. The number of anilines is 1. The fraction of sp³-hybridized carbons (Fsp3) is 0.318. The van der Waals surface area contributed by atoms with Gasteiger partial charge in [-0.2, -0.15) is 0 Å². The van der Waals surface area contributed by atoms with Crippen LogP contribution in [0.1, 0.15) is 24.1 Å². The monoisotopic (exact) mass is 379 g/mol. The smallest absolute Gasteiger partial charge is 0.189 e. The first-order valence-corrected chi connectivity index (χ1v) is 9.89. The minimum absolute atomic E-state index is 0.0312. The highest BCUT2D eigenvalue weighted by Gasteiger charge is 2.41. The molecule has 2 aromatic carbocycles. The molecular weight excluding hydrogens is 358 g/mol. The quantitative estimate of drug-likeness (QED) is 0.703. The van der Waals surface area contributed by atoms with Gasteiger partial charge in [0.25, 0.3) is 0 Å². The Balaban J connectivity index is 1.35. The van der Waals surface area contributed by atoms with Crippen LogP contribution in [-0.4, -0.2) is 29.5 Å². The number of para-hydroxylation sites is 2. The Labute approximate surface area is 163 Å². The first kappa shape index (κ1) is 16.8. The number of aromatic nitrogens is 1. The molecule has 0 aliphatic carbocycles. The van der Waals surface area contributed by atoms with Gasteiger partial charge in [-0.3, -0.25) is 9.69 Å². The van der Waals surface area contributed by atoms with E-state index in [9.17, 15) is 4.79 Å². The van der Waals surface area contributed by atoms with Gasteiger partial charge < -0.3 is 10.3 Å². The number of pyridine rings is 1. The molecule has 1 fully saturated rings. The Morgan fingerprint density at radius 1 is 1.07 bits per heavy atom. The van der Waals surface area contributed by atoms with Crippen molar-refractivity contribution in [1.29, 1.82) is 0 Å².